The highest BCUT2D eigenvalue weighted by atomic mass is 127. The Balaban J connectivity index is 0.000000561. The fourth-order valence-corrected chi connectivity index (χ4v) is 0.566. The molecule has 0 aliphatic rings. The molecule has 0 fully saturated rings. The van der Waals surface area contributed by atoms with Crippen LogP contribution in [0.15, 0.2) is 29.7 Å². The summed E-state index contributed by atoms with van der Waals surface area (Å²) in [6.07, 6.45) is 5.03. The van der Waals surface area contributed by atoms with Crippen molar-refractivity contribution in [1.29, 1.82) is 0 Å². The molecule has 3 nitrogen and oxygen atoms in total. The minimum Gasteiger partial charge on any atom is -0.399 e. The quantitative estimate of drug-likeness (QED) is 0.359. The fraction of sp³-hybridized carbons (Fsp3) is 0.250. The van der Waals surface area contributed by atoms with Gasteiger partial charge in [0.05, 0.1) is 6.21 Å². The van der Waals surface area contributed by atoms with Gasteiger partial charge >= 0.3 is 0 Å². The van der Waals surface area contributed by atoms with Crippen molar-refractivity contribution in [2.45, 2.75) is 0 Å². The van der Waals surface area contributed by atoms with Crippen LogP contribution in [0.2, 0.25) is 0 Å². The van der Waals surface area contributed by atoms with E-state index in [4.69, 9.17) is 0 Å². The Morgan fingerprint density at radius 3 is 2.83 bits per heavy atom. The standard InChI is InChI=1S/C7H8N2O.CH3I/c1-10-9-6-7-3-2-4-8-5-7;1-2/h2-6H,1H3;1H3. The second-order valence-corrected chi connectivity index (χ2v) is 1.70. The average molecular weight is 278 g/mol. The number of oxime groups is 1. The summed E-state index contributed by atoms with van der Waals surface area (Å²) in [5.41, 5.74) is 0.935. The van der Waals surface area contributed by atoms with E-state index in [0.29, 0.717) is 0 Å². The lowest BCUT2D eigenvalue weighted by atomic mass is 10.3. The van der Waals surface area contributed by atoms with Crippen LogP contribution in [-0.4, -0.2) is 23.2 Å². The van der Waals surface area contributed by atoms with Gasteiger partial charge in [-0.1, -0.05) is 33.8 Å². The SMILES string of the molecule is CI.CON=Cc1cccnc1. The van der Waals surface area contributed by atoms with E-state index in [9.17, 15) is 0 Å². The number of halogens is 1. The maximum atomic E-state index is 4.49. The van der Waals surface area contributed by atoms with Crippen molar-refractivity contribution in [3.8, 4) is 0 Å². The maximum Gasteiger partial charge on any atom is 0.106 e. The zero-order valence-electron chi connectivity index (χ0n) is 7.07. The minimum atomic E-state index is 0.935. The van der Waals surface area contributed by atoms with Crippen molar-refractivity contribution in [2.75, 3.05) is 12.0 Å². The van der Waals surface area contributed by atoms with Crippen LogP contribution in [0.25, 0.3) is 0 Å². The predicted molar refractivity (Wildman–Crippen MR) is 58.8 cm³/mol. The molecule has 0 N–H and O–H groups in total. The third-order valence-corrected chi connectivity index (χ3v) is 0.992. The first-order valence-corrected chi connectivity index (χ1v) is 5.43. The topological polar surface area (TPSA) is 34.5 Å². The summed E-state index contributed by atoms with van der Waals surface area (Å²) in [5, 5.41) is 3.58. The molecule has 1 heterocycles. The van der Waals surface area contributed by atoms with Gasteiger partial charge in [0, 0.05) is 18.0 Å². The van der Waals surface area contributed by atoms with E-state index in [1.807, 2.05) is 17.1 Å². The molecule has 4 heteroatoms. The Bertz CT molecular complexity index is 214. The number of nitrogens with zero attached hydrogens (tertiary/aromatic N) is 2. The first-order valence-electron chi connectivity index (χ1n) is 3.28. The van der Waals surface area contributed by atoms with E-state index in [1.54, 1.807) is 18.6 Å². The molecule has 1 rings (SSSR count). The maximum absolute atomic E-state index is 4.49. The number of pyridine rings is 1. The van der Waals surface area contributed by atoms with E-state index >= 15 is 0 Å². The molecule has 0 unspecified atom stereocenters. The van der Waals surface area contributed by atoms with E-state index in [2.05, 4.69) is 37.6 Å². The molecule has 0 amide bonds. The molecule has 66 valence electrons. The monoisotopic (exact) mass is 278 g/mol. The van der Waals surface area contributed by atoms with Gasteiger partial charge in [-0.2, -0.15) is 0 Å². The number of rotatable bonds is 2. The summed E-state index contributed by atoms with van der Waals surface area (Å²) in [7, 11) is 1.51. The molecule has 0 aliphatic heterocycles. The van der Waals surface area contributed by atoms with Gasteiger partial charge in [0.15, 0.2) is 0 Å². The zero-order chi connectivity index (χ0) is 9.23. The smallest absolute Gasteiger partial charge is 0.106 e. The summed E-state index contributed by atoms with van der Waals surface area (Å²) < 4.78 is 0. The Morgan fingerprint density at radius 1 is 1.58 bits per heavy atom. The lowest BCUT2D eigenvalue weighted by Crippen LogP contribution is -1.81. The highest BCUT2D eigenvalue weighted by molar-refractivity contribution is 14.1. The van der Waals surface area contributed by atoms with Crippen molar-refractivity contribution in [2.24, 2.45) is 5.16 Å². The average Bonchev–Trinajstić information content (AvgIpc) is 2.19. The number of alkyl halides is 1. The van der Waals surface area contributed by atoms with Gasteiger partial charge in [-0.15, -0.1) is 0 Å². The molecule has 0 bridgehead atoms. The molecule has 12 heavy (non-hydrogen) atoms. The van der Waals surface area contributed by atoms with E-state index in [1.165, 1.54) is 7.11 Å². The van der Waals surface area contributed by atoms with Crippen molar-refractivity contribution in [3.05, 3.63) is 30.1 Å². The van der Waals surface area contributed by atoms with E-state index < -0.39 is 0 Å². The molecule has 0 saturated heterocycles. The summed E-state index contributed by atoms with van der Waals surface area (Å²) in [5.74, 6) is 0. The second-order valence-electron chi connectivity index (χ2n) is 1.70. The molecule has 1 aromatic heterocycles. The molecule has 0 aromatic carbocycles. The van der Waals surface area contributed by atoms with Gasteiger partial charge in [0.1, 0.15) is 7.11 Å². The number of hydrogen-bond donors (Lipinski definition) is 0. The predicted octanol–water partition coefficient (Wildman–Crippen LogP) is 2.11. The van der Waals surface area contributed by atoms with Crippen LogP contribution in [0.3, 0.4) is 0 Å². The Morgan fingerprint density at radius 2 is 2.33 bits per heavy atom. The first-order chi connectivity index (χ1) is 5.93. The van der Waals surface area contributed by atoms with Crippen molar-refractivity contribution < 1.29 is 4.84 Å². The summed E-state index contributed by atoms with van der Waals surface area (Å²) in [4.78, 5) is 10.3. The largest absolute Gasteiger partial charge is 0.399 e. The summed E-state index contributed by atoms with van der Waals surface area (Å²) in [6, 6.07) is 3.74. The van der Waals surface area contributed by atoms with Crippen molar-refractivity contribution >= 4 is 28.8 Å². The third kappa shape index (κ3) is 5.06. The highest BCUT2D eigenvalue weighted by Gasteiger charge is 1.82. The van der Waals surface area contributed by atoms with Gasteiger partial charge in [0.2, 0.25) is 0 Å². The minimum absolute atomic E-state index is 0.935. The number of aromatic nitrogens is 1. The van der Waals surface area contributed by atoms with Gasteiger partial charge in [-0.25, -0.2) is 0 Å². The van der Waals surface area contributed by atoms with Gasteiger partial charge in [-0.05, 0) is 11.0 Å². The summed E-state index contributed by atoms with van der Waals surface area (Å²) >= 11 is 2.15. The molecule has 1 aromatic rings. The van der Waals surface area contributed by atoms with Crippen LogP contribution in [0, 0.1) is 0 Å². The van der Waals surface area contributed by atoms with Crippen LogP contribution < -0.4 is 0 Å². The third-order valence-electron chi connectivity index (χ3n) is 0.992. The first kappa shape index (κ1) is 11.4. The fourth-order valence-electron chi connectivity index (χ4n) is 0.566. The van der Waals surface area contributed by atoms with Crippen LogP contribution in [0.5, 0.6) is 0 Å². The van der Waals surface area contributed by atoms with Crippen LogP contribution >= 0.6 is 22.6 Å². The highest BCUT2D eigenvalue weighted by Crippen LogP contribution is 1.89. The molecule has 0 saturated carbocycles. The second kappa shape index (κ2) is 8.45. The molecular formula is C8H11IN2O. The lowest BCUT2D eigenvalue weighted by Gasteiger charge is -1.87. The van der Waals surface area contributed by atoms with Gasteiger partial charge in [-0.3, -0.25) is 4.98 Å². The van der Waals surface area contributed by atoms with E-state index in [-0.39, 0.29) is 0 Å². The molecule has 0 radical (unpaired) electrons. The summed E-state index contributed by atoms with van der Waals surface area (Å²) in [6.45, 7) is 0. The molecule has 0 atom stereocenters. The van der Waals surface area contributed by atoms with E-state index in [0.717, 1.165) is 5.56 Å². The number of hydrogen-bond acceptors (Lipinski definition) is 3. The molecule has 0 aliphatic carbocycles. The zero-order valence-corrected chi connectivity index (χ0v) is 9.22. The Labute approximate surface area is 86.0 Å². The van der Waals surface area contributed by atoms with Crippen LogP contribution in [0.1, 0.15) is 5.56 Å². The van der Waals surface area contributed by atoms with Crippen LogP contribution in [0.4, 0.5) is 0 Å². The Hall–Kier alpha value is -0.650. The Kier molecular flexibility index (Phi) is 7.99. The van der Waals surface area contributed by atoms with Crippen LogP contribution in [-0.2, 0) is 4.84 Å². The molecular weight excluding hydrogens is 267 g/mol. The van der Waals surface area contributed by atoms with Gasteiger partial charge in [0.25, 0.3) is 0 Å². The lowest BCUT2D eigenvalue weighted by molar-refractivity contribution is 0.215. The van der Waals surface area contributed by atoms with Crippen molar-refractivity contribution in [3.63, 3.8) is 0 Å². The normalized spacial score (nSPS) is 8.92. The molecule has 0 spiro atoms. The van der Waals surface area contributed by atoms with Gasteiger partial charge < -0.3 is 4.84 Å². The van der Waals surface area contributed by atoms with Crippen molar-refractivity contribution in [1.82, 2.24) is 4.98 Å².